The van der Waals surface area contributed by atoms with Gasteiger partial charge in [0.2, 0.25) is 0 Å². The van der Waals surface area contributed by atoms with E-state index in [-0.39, 0.29) is 0 Å². The number of carbonyl (C=O) groups is 1. The third-order valence-corrected chi connectivity index (χ3v) is 4.83. The number of nitrogens with zero attached hydrogens (tertiary/aromatic N) is 3. The first-order chi connectivity index (χ1) is 12.3. The molecule has 2 aromatic heterocycles. The van der Waals surface area contributed by atoms with Crippen molar-refractivity contribution in [2.24, 2.45) is 5.73 Å². The lowest BCUT2D eigenvalue weighted by Crippen LogP contribution is -2.19. The van der Waals surface area contributed by atoms with E-state index in [0.717, 1.165) is 12.1 Å². The molecule has 0 saturated carbocycles. The van der Waals surface area contributed by atoms with Crippen LogP contribution in [0.1, 0.15) is 12.5 Å². The Morgan fingerprint density at radius 3 is 2.58 bits per heavy atom. The molecule has 6 nitrogen and oxygen atoms in total. The number of alkyl halides is 3. The highest BCUT2D eigenvalue weighted by Crippen LogP contribution is 2.41. The number of hydrogen-bond acceptors (Lipinski definition) is 4. The van der Waals surface area contributed by atoms with Gasteiger partial charge in [-0.1, -0.05) is 12.1 Å². The lowest BCUT2D eigenvalue weighted by atomic mass is 10.1. The van der Waals surface area contributed by atoms with Crippen molar-refractivity contribution in [1.82, 2.24) is 14.8 Å². The molecular formula is C16H14F3N5OS. The Hall–Kier alpha value is -2.88. The Morgan fingerprint density at radius 2 is 2.00 bits per heavy atom. The maximum absolute atomic E-state index is 12.7. The number of hydrogen-bond donors (Lipinski definition) is 2. The molecule has 2 amide bonds. The second-order valence-electron chi connectivity index (χ2n) is 5.36. The summed E-state index contributed by atoms with van der Waals surface area (Å²) in [6.45, 7) is 2.53. The van der Waals surface area contributed by atoms with Gasteiger partial charge in [0, 0.05) is 11.4 Å². The molecule has 0 aliphatic rings. The van der Waals surface area contributed by atoms with Crippen molar-refractivity contribution in [3.63, 3.8) is 0 Å². The number of benzene rings is 1. The monoisotopic (exact) mass is 381 g/mol. The number of rotatable bonds is 4. The predicted octanol–water partition coefficient (Wildman–Crippen LogP) is 4.20. The van der Waals surface area contributed by atoms with E-state index >= 15 is 0 Å². The van der Waals surface area contributed by atoms with Crippen molar-refractivity contribution < 1.29 is 18.0 Å². The molecule has 0 aliphatic carbocycles. The fourth-order valence-corrected chi connectivity index (χ4v) is 3.53. The zero-order valence-electron chi connectivity index (χ0n) is 13.5. The third kappa shape index (κ3) is 3.54. The lowest BCUT2D eigenvalue weighted by molar-refractivity contribution is -0.137. The maximum Gasteiger partial charge on any atom is 0.416 e. The van der Waals surface area contributed by atoms with Crippen LogP contribution in [-0.2, 0) is 12.7 Å². The molecule has 136 valence electrons. The SMILES string of the molecule is CCn1cnnc1-c1sc(-c2ccc(C(F)(F)F)cc2)cc1NC(N)=O. The minimum absolute atomic E-state index is 0.431. The van der Waals surface area contributed by atoms with Crippen molar-refractivity contribution in [2.75, 3.05) is 5.32 Å². The zero-order chi connectivity index (χ0) is 18.9. The second kappa shape index (κ2) is 6.79. The molecule has 3 N–H and O–H groups in total. The summed E-state index contributed by atoms with van der Waals surface area (Å²) in [7, 11) is 0. The zero-order valence-corrected chi connectivity index (χ0v) is 14.4. The number of primary amides is 1. The standard InChI is InChI=1S/C16H14F3N5OS/c1-2-24-8-21-23-14(24)13-11(22-15(20)25)7-12(26-13)9-3-5-10(6-4-9)16(17,18)19/h3-8H,2H2,1H3,(H3,20,22,25). The highest BCUT2D eigenvalue weighted by molar-refractivity contribution is 7.19. The summed E-state index contributed by atoms with van der Waals surface area (Å²) in [5.74, 6) is 0.541. The minimum Gasteiger partial charge on any atom is -0.351 e. The normalized spacial score (nSPS) is 11.5. The summed E-state index contributed by atoms with van der Waals surface area (Å²) in [4.78, 5) is 12.6. The van der Waals surface area contributed by atoms with Gasteiger partial charge in [-0.05, 0) is 30.7 Å². The Balaban J connectivity index is 2.05. The van der Waals surface area contributed by atoms with Gasteiger partial charge in [0.25, 0.3) is 0 Å². The van der Waals surface area contributed by atoms with E-state index in [4.69, 9.17) is 5.73 Å². The molecular weight excluding hydrogens is 367 g/mol. The van der Waals surface area contributed by atoms with E-state index in [1.54, 1.807) is 17.0 Å². The molecule has 0 fully saturated rings. The molecule has 0 bridgehead atoms. The first kappa shape index (κ1) is 17.9. The predicted molar refractivity (Wildman–Crippen MR) is 92.7 cm³/mol. The number of aromatic nitrogens is 3. The van der Waals surface area contributed by atoms with E-state index in [0.29, 0.717) is 33.4 Å². The number of amides is 2. The van der Waals surface area contributed by atoms with E-state index in [9.17, 15) is 18.0 Å². The van der Waals surface area contributed by atoms with Crippen LogP contribution in [0, 0.1) is 0 Å². The molecule has 26 heavy (non-hydrogen) atoms. The summed E-state index contributed by atoms with van der Waals surface area (Å²) in [5.41, 5.74) is 5.51. The number of halogens is 3. The first-order valence-electron chi connectivity index (χ1n) is 7.55. The molecule has 2 heterocycles. The molecule has 0 spiro atoms. The highest BCUT2D eigenvalue weighted by Gasteiger charge is 2.30. The van der Waals surface area contributed by atoms with Gasteiger partial charge < -0.3 is 15.6 Å². The summed E-state index contributed by atoms with van der Waals surface area (Å²) >= 11 is 1.28. The number of anilines is 1. The van der Waals surface area contributed by atoms with Crippen molar-refractivity contribution in [3.8, 4) is 21.1 Å². The summed E-state index contributed by atoms with van der Waals surface area (Å²) < 4.78 is 40.0. The molecule has 3 aromatic rings. The summed E-state index contributed by atoms with van der Waals surface area (Å²) in [5, 5.41) is 10.4. The molecule has 1 aromatic carbocycles. The minimum atomic E-state index is -4.39. The Morgan fingerprint density at radius 1 is 1.31 bits per heavy atom. The quantitative estimate of drug-likeness (QED) is 0.710. The van der Waals surface area contributed by atoms with Crippen LogP contribution in [0.3, 0.4) is 0 Å². The molecule has 0 atom stereocenters. The van der Waals surface area contributed by atoms with Gasteiger partial charge in [-0.25, -0.2) is 4.79 Å². The van der Waals surface area contributed by atoms with Crippen molar-refractivity contribution >= 4 is 23.1 Å². The average molecular weight is 381 g/mol. The van der Waals surface area contributed by atoms with E-state index < -0.39 is 17.8 Å². The third-order valence-electron chi connectivity index (χ3n) is 3.65. The number of carbonyl (C=O) groups excluding carboxylic acids is 1. The van der Waals surface area contributed by atoms with Crippen LogP contribution in [-0.4, -0.2) is 20.8 Å². The number of urea groups is 1. The molecule has 0 unspecified atom stereocenters. The fraction of sp³-hybridized carbons (Fsp3) is 0.188. The number of nitrogens with two attached hydrogens (primary N) is 1. The summed E-state index contributed by atoms with van der Waals surface area (Å²) in [6, 6.07) is 5.72. The van der Waals surface area contributed by atoms with Crippen molar-refractivity contribution in [1.29, 1.82) is 0 Å². The van der Waals surface area contributed by atoms with Crippen LogP contribution in [0.15, 0.2) is 36.7 Å². The number of aryl methyl sites for hydroxylation is 1. The highest BCUT2D eigenvalue weighted by atomic mass is 32.1. The van der Waals surface area contributed by atoms with Crippen LogP contribution in [0.5, 0.6) is 0 Å². The maximum atomic E-state index is 12.7. The number of nitrogens with one attached hydrogen (secondary N) is 1. The van der Waals surface area contributed by atoms with Crippen LogP contribution < -0.4 is 11.1 Å². The Bertz CT molecular complexity index is 930. The average Bonchev–Trinajstić information content (AvgIpc) is 3.19. The molecule has 3 rings (SSSR count). The van der Waals surface area contributed by atoms with Crippen LogP contribution >= 0.6 is 11.3 Å². The van der Waals surface area contributed by atoms with Crippen LogP contribution in [0.4, 0.5) is 23.7 Å². The molecule has 0 radical (unpaired) electrons. The van der Waals surface area contributed by atoms with Crippen molar-refractivity contribution in [2.45, 2.75) is 19.6 Å². The van der Waals surface area contributed by atoms with Gasteiger partial charge in [0.15, 0.2) is 5.82 Å². The van der Waals surface area contributed by atoms with E-state index in [1.807, 2.05) is 6.92 Å². The van der Waals surface area contributed by atoms with Gasteiger partial charge in [-0.15, -0.1) is 21.5 Å². The Kier molecular flexibility index (Phi) is 4.68. The van der Waals surface area contributed by atoms with Crippen molar-refractivity contribution in [3.05, 3.63) is 42.2 Å². The van der Waals surface area contributed by atoms with E-state index in [2.05, 4.69) is 15.5 Å². The largest absolute Gasteiger partial charge is 0.416 e. The van der Waals surface area contributed by atoms with Gasteiger partial charge in [0.1, 0.15) is 6.33 Å². The van der Waals surface area contributed by atoms with Gasteiger partial charge in [-0.3, -0.25) is 0 Å². The smallest absolute Gasteiger partial charge is 0.351 e. The second-order valence-corrected chi connectivity index (χ2v) is 6.41. The van der Waals surface area contributed by atoms with Gasteiger partial charge in [-0.2, -0.15) is 13.2 Å². The fourth-order valence-electron chi connectivity index (χ4n) is 2.41. The van der Waals surface area contributed by atoms with Crippen LogP contribution in [0.2, 0.25) is 0 Å². The van der Waals surface area contributed by atoms with Gasteiger partial charge in [0.05, 0.1) is 16.1 Å². The summed E-state index contributed by atoms with van der Waals surface area (Å²) in [6.07, 6.45) is -2.84. The number of thiophene rings is 1. The molecule has 0 saturated heterocycles. The van der Waals surface area contributed by atoms with Crippen LogP contribution in [0.25, 0.3) is 21.1 Å². The van der Waals surface area contributed by atoms with E-state index in [1.165, 1.54) is 23.5 Å². The first-order valence-corrected chi connectivity index (χ1v) is 8.37. The topological polar surface area (TPSA) is 85.8 Å². The molecule has 0 aliphatic heterocycles. The Labute approximate surface area is 150 Å². The lowest BCUT2D eigenvalue weighted by Gasteiger charge is -2.06. The van der Waals surface area contributed by atoms with Gasteiger partial charge >= 0.3 is 12.2 Å². The molecule has 10 heteroatoms.